The Morgan fingerprint density at radius 1 is 1.54 bits per heavy atom. The van der Waals surface area contributed by atoms with Gasteiger partial charge in [-0.3, -0.25) is 9.59 Å². The predicted molar refractivity (Wildman–Crippen MR) is 45.8 cm³/mol. The van der Waals surface area contributed by atoms with E-state index in [4.69, 9.17) is 15.9 Å². The van der Waals surface area contributed by atoms with Crippen molar-refractivity contribution in [1.82, 2.24) is 0 Å². The van der Waals surface area contributed by atoms with E-state index in [9.17, 15) is 9.59 Å². The van der Waals surface area contributed by atoms with Gasteiger partial charge in [-0.25, -0.2) is 0 Å². The topological polar surface area (TPSA) is 101 Å². The van der Waals surface area contributed by atoms with Gasteiger partial charge >= 0.3 is 5.97 Å². The second-order valence-electron chi connectivity index (χ2n) is 3.49. The number of carbonyl (C=O) groups excluding carboxylic acids is 1. The van der Waals surface area contributed by atoms with Crippen molar-refractivity contribution in [1.29, 1.82) is 0 Å². The van der Waals surface area contributed by atoms with E-state index in [1.165, 1.54) is 6.92 Å². The van der Waals surface area contributed by atoms with Crippen LogP contribution in [0.4, 0.5) is 0 Å². The molecule has 0 aromatic heterocycles. The maximum Gasteiger partial charge on any atom is 0.318 e. The fraction of sp³-hybridized carbons (Fsp3) is 0.750. The van der Waals surface area contributed by atoms with E-state index in [-0.39, 0.29) is 18.9 Å². The number of carboxylic acids is 1. The Kier molecular flexibility index (Phi) is 3.87. The van der Waals surface area contributed by atoms with Gasteiger partial charge in [0.1, 0.15) is 5.41 Å². The zero-order valence-corrected chi connectivity index (χ0v) is 7.78. The highest BCUT2D eigenvalue weighted by Gasteiger charge is 2.40. The number of rotatable bonds is 5. The molecule has 0 saturated heterocycles. The van der Waals surface area contributed by atoms with Gasteiger partial charge in [-0.2, -0.15) is 0 Å². The van der Waals surface area contributed by atoms with Crippen LogP contribution < -0.4 is 5.73 Å². The molecule has 0 heterocycles. The van der Waals surface area contributed by atoms with Gasteiger partial charge in [-0.1, -0.05) is 6.92 Å². The Morgan fingerprint density at radius 2 is 2.00 bits per heavy atom. The maximum atomic E-state index is 10.9. The molecule has 0 spiro atoms. The average molecular weight is 189 g/mol. The summed E-state index contributed by atoms with van der Waals surface area (Å²) in [6.07, 6.45) is 0.0498. The van der Waals surface area contributed by atoms with Crippen LogP contribution in [-0.2, 0) is 9.59 Å². The number of carboxylic acid groups (broad SMARTS) is 1. The standard InChI is InChI=1S/C8H15NO4/c1-5(4-10)3-8(2,6(9)11)7(12)13/h5,10H,3-4H2,1-2H3,(H2,9,11)(H,12,13). The molecule has 0 rings (SSSR count). The normalized spacial score (nSPS) is 17.5. The fourth-order valence-electron chi connectivity index (χ4n) is 1.05. The molecule has 5 heteroatoms. The number of aliphatic hydroxyl groups is 1. The van der Waals surface area contributed by atoms with E-state index in [0.717, 1.165) is 0 Å². The lowest BCUT2D eigenvalue weighted by Crippen LogP contribution is -2.42. The van der Waals surface area contributed by atoms with Crippen LogP contribution in [0.3, 0.4) is 0 Å². The van der Waals surface area contributed by atoms with Crippen LogP contribution in [0.5, 0.6) is 0 Å². The Morgan fingerprint density at radius 3 is 2.23 bits per heavy atom. The molecule has 0 aliphatic heterocycles. The highest BCUT2D eigenvalue weighted by Crippen LogP contribution is 2.25. The van der Waals surface area contributed by atoms with Gasteiger partial charge in [0, 0.05) is 6.61 Å². The lowest BCUT2D eigenvalue weighted by Gasteiger charge is -2.23. The third-order valence-electron chi connectivity index (χ3n) is 2.08. The van der Waals surface area contributed by atoms with Crippen molar-refractivity contribution in [3.8, 4) is 0 Å². The second-order valence-corrected chi connectivity index (χ2v) is 3.49. The van der Waals surface area contributed by atoms with Crippen LogP contribution in [0, 0.1) is 11.3 Å². The zero-order valence-electron chi connectivity index (χ0n) is 7.78. The number of aliphatic hydroxyl groups excluding tert-OH is 1. The Balaban J connectivity index is 4.61. The number of nitrogens with two attached hydrogens (primary N) is 1. The SMILES string of the molecule is CC(CO)CC(C)(C(N)=O)C(=O)O. The summed E-state index contributed by atoms with van der Waals surface area (Å²) in [6, 6.07) is 0. The van der Waals surface area contributed by atoms with E-state index in [1.54, 1.807) is 6.92 Å². The van der Waals surface area contributed by atoms with Gasteiger partial charge in [0.05, 0.1) is 0 Å². The molecule has 13 heavy (non-hydrogen) atoms. The van der Waals surface area contributed by atoms with Gasteiger partial charge in [0.25, 0.3) is 0 Å². The third-order valence-corrected chi connectivity index (χ3v) is 2.08. The number of carbonyl (C=O) groups is 2. The van der Waals surface area contributed by atoms with E-state index >= 15 is 0 Å². The summed E-state index contributed by atoms with van der Waals surface area (Å²) in [7, 11) is 0. The van der Waals surface area contributed by atoms with Crippen molar-refractivity contribution in [3.63, 3.8) is 0 Å². The molecule has 2 unspecified atom stereocenters. The minimum atomic E-state index is -1.58. The quantitative estimate of drug-likeness (QED) is 0.511. The van der Waals surface area contributed by atoms with Crippen LogP contribution in [0.1, 0.15) is 20.3 Å². The molecular formula is C8H15NO4. The van der Waals surface area contributed by atoms with Gasteiger partial charge in [0.15, 0.2) is 0 Å². The maximum absolute atomic E-state index is 10.9. The van der Waals surface area contributed by atoms with Crippen molar-refractivity contribution in [2.75, 3.05) is 6.61 Å². The Labute approximate surface area is 76.5 Å². The van der Waals surface area contributed by atoms with Gasteiger partial charge in [-0.05, 0) is 19.3 Å². The summed E-state index contributed by atoms with van der Waals surface area (Å²) in [5.74, 6) is -2.38. The molecule has 0 saturated carbocycles. The third kappa shape index (κ3) is 2.69. The average Bonchev–Trinajstić information content (AvgIpc) is 2.03. The molecular weight excluding hydrogens is 174 g/mol. The van der Waals surface area contributed by atoms with Crippen molar-refractivity contribution >= 4 is 11.9 Å². The van der Waals surface area contributed by atoms with E-state index in [1.807, 2.05) is 0 Å². The van der Waals surface area contributed by atoms with Crippen molar-refractivity contribution in [2.24, 2.45) is 17.1 Å². The minimum Gasteiger partial charge on any atom is -0.480 e. The van der Waals surface area contributed by atoms with Crippen LogP contribution in [-0.4, -0.2) is 28.7 Å². The molecule has 2 atom stereocenters. The summed E-state index contributed by atoms with van der Waals surface area (Å²) in [4.78, 5) is 21.6. The molecule has 5 nitrogen and oxygen atoms in total. The zero-order chi connectivity index (χ0) is 10.6. The highest BCUT2D eigenvalue weighted by atomic mass is 16.4. The molecule has 0 aromatic rings. The molecule has 0 bridgehead atoms. The first-order chi connectivity index (χ1) is 5.84. The van der Waals surface area contributed by atoms with Gasteiger partial charge < -0.3 is 15.9 Å². The van der Waals surface area contributed by atoms with Crippen LogP contribution in [0.15, 0.2) is 0 Å². The first-order valence-electron chi connectivity index (χ1n) is 3.98. The number of hydrogen-bond donors (Lipinski definition) is 3. The van der Waals surface area contributed by atoms with E-state index in [0.29, 0.717) is 0 Å². The Hall–Kier alpha value is -1.10. The first-order valence-corrected chi connectivity index (χ1v) is 3.98. The smallest absolute Gasteiger partial charge is 0.318 e. The summed E-state index contributed by atoms with van der Waals surface area (Å²) in [5, 5.41) is 17.5. The fourth-order valence-corrected chi connectivity index (χ4v) is 1.05. The van der Waals surface area contributed by atoms with E-state index in [2.05, 4.69) is 0 Å². The van der Waals surface area contributed by atoms with Crippen LogP contribution in [0.2, 0.25) is 0 Å². The van der Waals surface area contributed by atoms with Crippen LogP contribution >= 0.6 is 0 Å². The highest BCUT2D eigenvalue weighted by molar-refractivity contribution is 6.00. The molecule has 0 aromatic carbocycles. The van der Waals surface area contributed by atoms with Crippen LogP contribution in [0.25, 0.3) is 0 Å². The summed E-state index contributed by atoms with van der Waals surface area (Å²) >= 11 is 0. The molecule has 0 fully saturated rings. The van der Waals surface area contributed by atoms with Crippen molar-refractivity contribution < 1.29 is 19.8 Å². The molecule has 0 aliphatic rings. The van der Waals surface area contributed by atoms with Gasteiger partial charge in [0.2, 0.25) is 5.91 Å². The number of hydrogen-bond acceptors (Lipinski definition) is 3. The number of amides is 1. The second kappa shape index (κ2) is 4.23. The summed E-state index contributed by atoms with van der Waals surface area (Å²) in [5.41, 5.74) is 3.39. The first kappa shape index (κ1) is 11.9. The lowest BCUT2D eigenvalue weighted by atomic mass is 9.81. The lowest BCUT2D eigenvalue weighted by molar-refractivity contribution is -0.154. The Bertz CT molecular complexity index is 200. The van der Waals surface area contributed by atoms with Crippen molar-refractivity contribution in [2.45, 2.75) is 20.3 Å². The van der Waals surface area contributed by atoms with Gasteiger partial charge in [-0.15, -0.1) is 0 Å². The number of primary amides is 1. The molecule has 76 valence electrons. The monoisotopic (exact) mass is 189 g/mol. The summed E-state index contributed by atoms with van der Waals surface area (Å²) < 4.78 is 0. The predicted octanol–water partition coefficient (Wildman–Crippen LogP) is -0.419. The molecule has 0 aliphatic carbocycles. The largest absolute Gasteiger partial charge is 0.480 e. The number of aliphatic carboxylic acids is 1. The molecule has 0 radical (unpaired) electrons. The summed E-state index contributed by atoms with van der Waals surface area (Å²) in [6.45, 7) is 2.77. The van der Waals surface area contributed by atoms with Crippen molar-refractivity contribution in [3.05, 3.63) is 0 Å². The molecule has 4 N–H and O–H groups in total. The van der Waals surface area contributed by atoms with E-state index < -0.39 is 17.3 Å². The minimum absolute atomic E-state index is 0.0498. The molecule has 1 amide bonds.